The van der Waals surface area contributed by atoms with E-state index < -0.39 is 24.9 Å². The van der Waals surface area contributed by atoms with E-state index in [4.69, 9.17) is 16.7 Å². The summed E-state index contributed by atoms with van der Waals surface area (Å²) in [6.45, 7) is 0. The van der Waals surface area contributed by atoms with Crippen molar-refractivity contribution < 1.29 is 46.4 Å². The van der Waals surface area contributed by atoms with Crippen molar-refractivity contribution in [2.24, 2.45) is 9.54 Å². The molecule has 92 valence electrons. The van der Waals surface area contributed by atoms with Crippen molar-refractivity contribution in [1.82, 2.24) is 0 Å². The SMILES string of the molecule is NS(=O)(=O)c1cc2c(cc1Cl)NC=NS2(=O)=O.[Na+]. The maximum atomic E-state index is 11.5. The van der Waals surface area contributed by atoms with Crippen molar-refractivity contribution in [3.8, 4) is 0 Å². The van der Waals surface area contributed by atoms with Crippen LogP contribution >= 0.6 is 11.6 Å². The van der Waals surface area contributed by atoms with Crippen LogP contribution in [0.5, 0.6) is 0 Å². The van der Waals surface area contributed by atoms with Gasteiger partial charge in [-0.25, -0.2) is 13.6 Å². The van der Waals surface area contributed by atoms with E-state index in [1.54, 1.807) is 0 Å². The first-order valence-corrected chi connectivity index (χ1v) is 7.50. The molecule has 0 bridgehead atoms. The molecule has 18 heavy (non-hydrogen) atoms. The van der Waals surface area contributed by atoms with Crippen molar-refractivity contribution >= 4 is 43.7 Å². The molecule has 1 aromatic rings. The number of anilines is 1. The molecule has 1 heterocycles. The van der Waals surface area contributed by atoms with E-state index >= 15 is 0 Å². The zero-order valence-corrected chi connectivity index (χ0v) is 13.5. The molecule has 2 rings (SSSR count). The maximum absolute atomic E-state index is 11.5. The van der Waals surface area contributed by atoms with Gasteiger partial charge in [-0.3, -0.25) is 0 Å². The zero-order valence-electron chi connectivity index (χ0n) is 9.08. The van der Waals surface area contributed by atoms with E-state index in [9.17, 15) is 16.8 Å². The predicted molar refractivity (Wildman–Crippen MR) is 62.1 cm³/mol. The molecule has 0 amide bonds. The van der Waals surface area contributed by atoms with E-state index in [0.717, 1.165) is 12.4 Å². The fraction of sp³-hybridized carbons (Fsp3) is 0. The Morgan fingerprint density at radius 2 is 1.94 bits per heavy atom. The second kappa shape index (κ2) is 5.08. The van der Waals surface area contributed by atoms with Crippen molar-refractivity contribution in [2.75, 3.05) is 5.32 Å². The van der Waals surface area contributed by atoms with Gasteiger partial charge in [-0.05, 0) is 12.1 Å². The van der Waals surface area contributed by atoms with Crippen LogP contribution in [-0.2, 0) is 20.0 Å². The Morgan fingerprint density at radius 1 is 1.33 bits per heavy atom. The molecule has 0 spiro atoms. The van der Waals surface area contributed by atoms with Crippen LogP contribution in [0.1, 0.15) is 0 Å². The Balaban J connectivity index is 0.00000162. The molecule has 0 unspecified atom stereocenters. The molecule has 0 radical (unpaired) electrons. The summed E-state index contributed by atoms with van der Waals surface area (Å²) in [5, 5.41) is 7.30. The first kappa shape index (κ1) is 15.9. The van der Waals surface area contributed by atoms with E-state index in [1.165, 1.54) is 6.07 Å². The molecule has 0 aromatic heterocycles. The standard InChI is InChI=1S/C7H6ClN3O4S2.Na/c8-4-1-5-7(2-6(4)16(9,12)13)17(14,15)11-3-10-5;/h1-3H,(H,10,11)(H2,9,12,13);/q;+1. The molecule has 11 heteroatoms. The van der Waals surface area contributed by atoms with Crippen molar-refractivity contribution in [3.63, 3.8) is 0 Å². The fourth-order valence-electron chi connectivity index (χ4n) is 1.30. The quantitative estimate of drug-likeness (QED) is 0.540. The van der Waals surface area contributed by atoms with Crippen molar-refractivity contribution in [3.05, 3.63) is 17.2 Å². The first-order valence-electron chi connectivity index (χ1n) is 4.13. The molecule has 0 saturated heterocycles. The van der Waals surface area contributed by atoms with Crippen LogP contribution in [0.3, 0.4) is 0 Å². The summed E-state index contributed by atoms with van der Waals surface area (Å²) in [6.07, 6.45) is 0.977. The number of rotatable bonds is 1. The van der Waals surface area contributed by atoms with Gasteiger partial charge in [0.05, 0.1) is 10.7 Å². The molecule has 0 atom stereocenters. The summed E-state index contributed by atoms with van der Waals surface area (Å²) in [7, 11) is -8.01. The molecular formula is C7H6ClN3NaO4S2+. The second-order valence-electron chi connectivity index (χ2n) is 3.18. The van der Waals surface area contributed by atoms with Gasteiger partial charge in [-0.15, -0.1) is 4.40 Å². The molecule has 0 saturated carbocycles. The minimum Gasteiger partial charge on any atom is -0.344 e. The normalized spacial score (nSPS) is 16.3. The van der Waals surface area contributed by atoms with Gasteiger partial charge in [-0.1, -0.05) is 11.6 Å². The van der Waals surface area contributed by atoms with Crippen LogP contribution in [0.15, 0.2) is 26.3 Å². The zero-order chi connectivity index (χ0) is 12.8. The van der Waals surface area contributed by atoms with Gasteiger partial charge in [-0.2, -0.15) is 8.42 Å². The summed E-state index contributed by atoms with van der Waals surface area (Å²) < 4.78 is 48.7. The first-order chi connectivity index (χ1) is 7.72. The third-order valence-electron chi connectivity index (χ3n) is 2.03. The average molecular weight is 319 g/mol. The van der Waals surface area contributed by atoms with E-state index in [-0.39, 0.29) is 45.2 Å². The molecule has 1 aromatic carbocycles. The van der Waals surface area contributed by atoms with Crippen LogP contribution in [-0.4, -0.2) is 23.2 Å². The minimum absolute atomic E-state index is 0. The third kappa shape index (κ3) is 2.87. The Kier molecular flexibility index (Phi) is 4.49. The Bertz CT molecular complexity index is 729. The van der Waals surface area contributed by atoms with Gasteiger partial charge in [0.1, 0.15) is 16.1 Å². The summed E-state index contributed by atoms with van der Waals surface area (Å²) in [5.74, 6) is 0. The molecule has 7 nitrogen and oxygen atoms in total. The van der Waals surface area contributed by atoms with Crippen LogP contribution < -0.4 is 40.0 Å². The number of fused-ring (bicyclic) bond motifs is 1. The molecule has 0 fully saturated rings. The van der Waals surface area contributed by atoms with Crippen LogP contribution in [0.2, 0.25) is 5.02 Å². The molecule has 1 aliphatic rings. The predicted octanol–water partition coefficient (Wildman–Crippen LogP) is -2.87. The molecule has 3 N–H and O–H groups in total. The van der Waals surface area contributed by atoms with Gasteiger partial charge in [0.2, 0.25) is 10.0 Å². The number of nitrogens with two attached hydrogens (primary N) is 1. The molecule has 0 aliphatic carbocycles. The molecule has 1 aliphatic heterocycles. The molecular weight excluding hydrogens is 313 g/mol. The fourth-order valence-corrected chi connectivity index (χ4v) is 3.44. The minimum atomic E-state index is -4.09. The Hall–Kier alpha value is -0.160. The number of hydrogen-bond donors (Lipinski definition) is 2. The third-order valence-corrected chi connectivity index (χ3v) is 4.68. The van der Waals surface area contributed by atoms with E-state index in [1.807, 2.05) is 0 Å². The Morgan fingerprint density at radius 3 is 2.50 bits per heavy atom. The van der Waals surface area contributed by atoms with Gasteiger partial charge < -0.3 is 5.32 Å². The van der Waals surface area contributed by atoms with Gasteiger partial charge in [0.15, 0.2) is 0 Å². The second-order valence-corrected chi connectivity index (χ2v) is 6.72. The monoisotopic (exact) mass is 318 g/mol. The van der Waals surface area contributed by atoms with Crippen LogP contribution in [0.25, 0.3) is 0 Å². The van der Waals surface area contributed by atoms with Gasteiger partial charge >= 0.3 is 29.6 Å². The summed E-state index contributed by atoms with van der Waals surface area (Å²) in [5.41, 5.74) is 0.150. The number of nitrogens with zero attached hydrogens (tertiary/aromatic N) is 1. The van der Waals surface area contributed by atoms with E-state index in [2.05, 4.69) is 9.71 Å². The van der Waals surface area contributed by atoms with Crippen molar-refractivity contribution in [2.45, 2.75) is 9.79 Å². The van der Waals surface area contributed by atoms with Gasteiger partial charge in [0.25, 0.3) is 10.0 Å². The number of hydrogen-bond acceptors (Lipinski definition) is 5. The average Bonchev–Trinajstić information content (AvgIpc) is 2.13. The van der Waals surface area contributed by atoms with Crippen LogP contribution in [0, 0.1) is 0 Å². The van der Waals surface area contributed by atoms with Crippen LogP contribution in [0.4, 0.5) is 5.69 Å². The van der Waals surface area contributed by atoms with E-state index in [0.29, 0.717) is 0 Å². The summed E-state index contributed by atoms with van der Waals surface area (Å²) >= 11 is 5.70. The van der Waals surface area contributed by atoms with Crippen molar-refractivity contribution in [1.29, 1.82) is 0 Å². The number of primary sulfonamides is 1. The topological polar surface area (TPSA) is 119 Å². The maximum Gasteiger partial charge on any atom is 1.00 e. The smallest absolute Gasteiger partial charge is 0.344 e. The van der Waals surface area contributed by atoms with Gasteiger partial charge in [0, 0.05) is 0 Å². The number of halogens is 1. The Labute approximate surface area is 131 Å². The largest absolute Gasteiger partial charge is 1.00 e. The summed E-state index contributed by atoms with van der Waals surface area (Å²) in [6, 6.07) is 2.05. The number of benzene rings is 1. The number of sulfonamides is 2. The summed E-state index contributed by atoms with van der Waals surface area (Å²) in [4.78, 5) is -0.742. The number of nitrogens with one attached hydrogen (secondary N) is 1.